The first-order valence-electron chi connectivity index (χ1n) is 7.65. The van der Waals surface area contributed by atoms with Gasteiger partial charge in [-0.05, 0) is 31.9 Å². The van der Waals surface area contributed by atoms with Crippen LogP contribution in [0.2, 0.25) is 0 Å². The topological polar surface area (TPSA) is 54.9 Å². The number of methoxy groups -OCH3 is 2. The minimum atomic E-state index is -0.232. The highest BCUT2D eigenvalue weighted by molar-refractivity contribution is 5.79. The predicted molar refractivity (Wildman–Crippen MR) is 91.1 cm³/mol. The molecular formula is C17H29N3O2. The second-order valence-corrected chi connectivity index (χ2v) is 5.71. The van der Waals surface area contributed by atoms with Gasteiger partial charge in [0, 0.05) is 27.3 Å². The number of aliphatic imine (C=N–C) groups is 1. The summed E-state index contributed by atoms with van der Waals surface area (Å²) < 4.78 is 10.7. The van der Waals surface area contributed by atoms with Gasteiger partial charge >= 0.3 is 0 Å². The SMILES string of the molecule is CCNC(=NCc1ccccc1COC)NCC(C)(C)OC. The van der Waals surface area contributed by atoms with Crippen molar-refractivity contribution in [3.8, 4) is 0 Å². The first-order valence-corrected chi connectivity index (χ1v) is 7.65. The lowest BCUT2D eigenvalue weighted by atomic mass is 10.1. The molecule has 0 bridgehead atoms. The van der Waals surface area contributed by atoms with Gasteiger partial charge in [0.2, 0.25) is 0 Å². The van der Waals surface area contributed by atoms with Crippen LogP contribution in [-0.2, 0) is 22.6 Å². The summed E-state index contributed by atoms with van der Waals surface area (Å²) in [6.07, 6.45) is 0. The third-order valence-corrected chi connectivity index (χ3v) is 3.40. The molecule has 0 saturated heterocycles. The van der Waals surface area contributed by atoms with Gasteiger partial charge in [-0.25, -0.2) is 4.99 Å². The average molecular weight is 307 g/mol. The molecule has 0 atom stereocenters. The van der Waals surface area contributed by atoms with Gasteiger partial charge in [-0.15, -0.1) is 0 Å². The molecule has 124 valence electrons. The highest BCUT2D eigenvalue weighted by Gasteiger charge is 2.16. The number of guanidine groups is 1. The maximum atomic E-state index is 5.42. The standard InChI is InChI=1S/C17H29N3O2/c1-6-18-16(20-13-17(2,3)22-5)19-11-14-9-7-8-10-15(14)12-21-4/h7-10H,6,11-13H2,1-5H3,(H2,18,19,20). The lowest BCUT2D eigenvalue weighted by Crippen LogP contribution is -2.45. The molecule has 1 aromatic rings. The van der Waals surface area contributed by atoms with Crippen molar-refractivity contribution in [2.24, 2.45) is 4.99 Å². The lowest BCUT2D eigenvalue weighted by Gasteiger charge is -2.24. The van der Waals surface area contributed by atoms with E-state index in [9.17, 15) is 0 Å². The second-order valence-electron chi connectivity index (χ2n) is 5.71. The molecule has 5 heteroatoms. The Hall–Kier alpha value is -1.59. The van der Waals surface area contributed by atoms with Gasteiger partial charge in [0.25, 0.3) is 0 Å². The van der Waals surface area contributed by atoms with Crippen LogP contribution in [0.15, 0.2) is 29.3 Å². The Morgan fingerprint density at radius 3 is 2.41 bits per heavy atom. The summed E-state index contributed by atoms with van der Waals surface area (Å²) in [6, 6.07) is 8.20. The number of nitrogens with one attached hydrogen (secondary N) is 2. The minimum absolute atomic E-state index is 0.232. The van der Waals surface area contributed by atoms with Crippen molar-refractivity contribution in [3.05, 3.63) is 35.4 Å². The largest absolute Gasteiger partial charge is 0.380 e. The minimum Gasteiger partial charge on any atom is -0.380 e. The summed E-state index contributed by atoms with van der Waals surface area (Å²) in [5.41, 5.74) is 2.11. The Morgan fingerprint density at radius 1 is 1.14 bits per heavy atom. The van der Waals surface area contributed by atoms with Crippen LogP contribution in [0.5, 0.6) is 0 Å². The Kier molecular flexibility index (Phi) is 7.91. The third kappa shape index (κ3) is 6.45. The van der Waals surface area contributed by atoms with Crippen molar-refractivity contribution >= 4 is 5.96 Å². The molecule has 0 amide bonds. The van der Waals surface area contributed by atoms with Gasteiger partial charge in [0.15, 0.2) is 5.96 Å². The fourth-order valence-electron chi connectivity index (χ4n) is 1.88. The molecule has 1 rings (SSSR count). The summed E-state index contributed by atoms with van der Waals surface area (Å²) in [7, 11) is 3.42. The Balaban J connectivity index is 2.73. The molecule has 0 aliphatic heterocycles. The van der Waals surface area contributed by atoms with E-state index in [0.717, 1.165) is 12.5 Å². The van der Waals surface area contributed by atoms with E-state index >= 15 is 0 Å². The monoisotopic (exact) mass is 307 g/mol. The predicted octanol–water partition coefficient (Wildman–Crippen LogP) is 2.31. The summed E-state index contributed by atoms with van der Waals surface area (Å²) in [4.78, 5) is 4.65. The van der Waals surface area contributed by atoms with Gasteiger partial charge in [-0.3, -0.25) is 0 Å². The number of benzene rings is 1. The van der Waals surface area contributed by atoms with E-state index in [4.69, 9.17) is 9.47 Å². The maximum Gasteiger partial charge on any atom is 0.191 e. The number of nitrogens with zero attached hydrogens (tertiary/aromatic N) is 1. The van der Waals surface area contributed by atoms with E-state index in [1.165, 1.54) is 11.1 Å². The van der Waals surface area contributed by atoms with Crippen molar-refractivity contribution in [2.75, 3.05) is 27.3 Å². The molecule has 0 aromatic heterocycles. The van der Waals surface area contributed by atoms with Crippen LogP contribution in [0, 0.1) is 0 Å². The van der Waals surface area contributed by atoms with Crippen LogP contribution in [0.3, 0.4) is 0 Å². The highest BCUT2D eigenvalue weighted by Crippen LogP contribution is 2.11. The average Bonchev–Trinajstić information content (AvgIpc) is 2.52. The van der Waals surface area contributed by atoms with Crippen molar-refractivity contribution in [1.82, 2.24) is 10.6 Å². The Labute approximate surface area is 134 Å². The van der Waals surface area contributed by atoms with Crippen molar-refractivity contribution in [3.63, 3.8) is 0 Å². The van der Waals surface area contributed by atoms with Gasteiger partial charge in [0.05, 0.1) is 18.8 Å². The molecule has 2 N–H and O–H groups in total. The van der Waals surface area contributed by atoms with Crippen LogP contribution in [-0.4, -0.2) is 38.9 Å². The zero-order valence-electron chi connectivity index (χ0n) is 14.4. The Bertz CT molecular complexity index is 473. The molecule has 5 nitrogen and oxygen atoms in total. The lowest BCUT2D eigenvalue weighted by molar-refractivity contribution is 0.0268. The van der Waals surface area contributed by atoms with Gasteiger partial charge in [-0.2, -0.15) is 0 Å². The third-order valence-electron chi connectivity index (χ3n) is 3.40. The summed E-state index contributed by atoms with van der Waals surface area (Å²) >= 11 is 0. The fourth-order valence-corrected chi connectivity index (χ4v) is 1.88. The normalized spacial score (nSPS) is 12.3. The van der Waals surface area contributed by atoms with E-state index in [1.807, 2.05) is 26.0 Å². The first-order chi connectivity index (χ1) is 10.5. The number of hydrogen-bond acceptors (Lipinski definition) is 3. The van der Waals surface area contributed by atoms with Gasteiger partial charge in [-0.1, -0.05) is 24.3 Å². The molecule has 0 fully saturated rings. The highest BCUT2D eigenvalue weighted by atomic mass is 16.5. The maximum absolute atomic E-state index is 5.42. The number of ether oxygens (including phenoxy) is 2. The quantitative estimate of drug-likeness (QED) is 0.572. The van der Waals surface area contributed by atoms with Crippen LogP contribution < -0.4 is 10.6 Å². The molecule has 22 heavy (non-hydrogen) atoms. The molecule has 0 aliphatic carbocycles. The van der Waals surface area contributed by atoms with E-state index < -0.39 is 0 Å². The van der Waals surface area contributed by atoms with E-state index in [-0.39, 0.29) is 5.60 Å². The van der Waals surface area contributed by atoms with E-state index in [1.54, 1.807) is 14.2 Å². The van der Waals surface area contributed by atoms with Crippen LogP contribution in [0.25, 0.3) is 0 Å². The zero-order valence-corrected chi connectivity index (χ0v) is 14.4. The van der Waals surface area contributed by atoms with E-state index in [2.05, 4.69) is 34.7 Å². The molecule has 0 radical (unpaired) electrons. The van der Waals surface area contributed by atoms with Crippen molar-refractivity contribution in [1.29, 1.82) is 0 Å². The molecule has 0 unspecified atom stereocenters. The molecule has 0 aliphatic rings. The van der Waals surface area contributed by atoms with Crippen molar-refractivity contribution < 1.29 is 9.47 Å². The molecule has 0 saturated carbocycles. The van der Waals surface area contributed by atoms with Crippen molar-refractivity contribution in [2.45, 2.75) is 39.5 Å². The van der Waals surface area contributed by atoms with Gasteiger partial charge < -0.3 is 20.1 Å². The Morgan fingerprint density at radius 2 is 1.82 bits per heavy atom. The second kappa shape index (κ2) is 9.43. The summed E-state index contributed by atoms with van der Waals surface area (Å²) in [5.74, 6) is 0.792. The zero-order chi connectivity index (χ0) is 16.4. The number of hydrogen-bond donors (Lipinski definition) is 2. The van der Waals surface area contributed by atoms with Crippen LogP contribution in [0.4, 0.5) is 0 Å². The van der Waals surface area contributed by atoms with Crippen LogP contribution >= 0.6 is 0 Å². The molecular weight excluding hydrogens is 278 g/mol. The molecule has 1 aromatic carbocycles. The van der Waals surface area contributed by atoms with Crippen LogP contribution in [0.1, 0.15) is 31.9 Å². The number of rotatable bonds is 8. The molecule has 0 spiro atoms. The summed E-state index contributed by atoms with van der Waals surface area (Å²) in [6.45, 7) is 8.86. The molecule has 0 heterocycles. The summed E-state index contributed by atoms with van der Waals surface area (Å²) in [5, 5.41) is 6.57. The van der Waals surface area contributed by atoms with E-state index in [0.29, 0.717) is 19.7 Å². The first kappa shape index (κ1) is 18.5. The smallest absolute Gasteiger partial charge is 0.191 e. The van der Waals surface area contributed by atoms with Gasteiger partial charge in [0.1, 0.15) is 0 Å². The fraction of sp³-hybridized carbons (Fsp3) is 0.588.